The summed E-state index contributed by atoms with van der Waals surface area (Å²) in [6, 6.07) is -0.319. The second-order valence-electron chi connectivity index (χ2n) is 17.3. The number of hydrogen-bond acceptors (Lipinski definition) is 15. The van der Waals surface area contributed by atoms with Gasteiger partial charge in [-0.05, 0) is 74.9 Å². The minimum atomic E-state index is -2.01. The maximum atomic E-state index is 14.2. The molecule has 3 aliphatic rings. The predicted molar refractivity (Wildman–Crippen MR) is 200 cm³/mol. The monoisotopic (exact) mass is 789 g/mol. The van der Waals surface area contributed by atoms with Crippen molar-refractivity contribution in [2.45, 2.75) is 193 Å². The number of carbonyl (C=O) groups is 3. The third-order valence-electron chi connectivity index (χ3n) is 12.4. The van der Waals surface area contributed by atoms with Gasteiger partial charge in [0.1, 0.15) is 23.6 Å². The second-order valence-corrected chi connectivity index (χ2v) is 17.3. The third kappa shape index (κ3) is 10.6. The Bertz CT molecular complexity index is 1290. The molecule has 320 valence electrons. The fourth-order valence-electron chi connectivity index (χ4n) is 8.76. The van der Waals surface area contributed by atoms with Crippen LogP contribution in [0.25, 0.3) is 0 Å². The average Bonchev–Trinajstić information content (AvgIpc) is 3.11. The number of esters is 2. The highest BCUT2D eigenvalue weighted by Crippen LogP contribution is 2.41. The van der Waals surface area contributed by atoms with Crippen LogP contribution in [0.3, 0.4) is 0 Å². The first kappa shape index (κ1) is 47.6. The molecule has 0 amide bonds. The molecule has 4 N–H and O–H groups in total. The van der Waals surface area contributed by atoms with Crippen molar-refractivity contribution in [3.63, 3.8) is 0 Å². The van der Waals surface area contributed by atoms with E-state index in [2.05, 4.69) is 0 Å². The van der Waals surface area contributed by atoms with Gasteiger partial charge < -0.3 is 58.5 Å². The van der Waals surface area contributed by atoms with E-state index in [0.717, 1.165) is 0 Å². The zero-order valence-electron chi connectivity index (χ0n) is 35.5. The largest absolute Gasteiger partial charge is 0.459 e. The van der Waals surface area contributed by atoms with E-state index in [9.17, 15) is 34.8 Å². The fraction of sp³-hybridized carbons (Fsp3) is 0.925. The zero-order chi connectivity index (χ0) is 42.0. The van der Waals surface area contributed by atoms with Gasteiger partial charge in [0.15, 0.2) is 18.7 Å². The zero-order valence-corrected chi connectivity index (χ0v) is 35.5. The van der Waals surface area contributed by atoms with Crippen LogP contribution < -0.4 is 0 Å². The molecule has 3 heterocycles. The van der Waals surface area contributed by atoms with E-state index in [4.69, 9.17) is 33.2 Å². The molecule has 15 heteroatoms. The van der Waals surface area contributed by atoms with Crippen LogP contribution in [0.2, 0.25) is 0 Å². The summed E-state index contributed by atoms with van der Waals surface area (Å²) in [6.45, 7) is 18.0. The van der Waals surface area contributed by atoms with Crippen LogP contribution in [-0.2, 0) is 47.5 Å². The molecule has 3 fully saturated rings. The molecule has 0 unspecified atom stereocenters. The average molecular weight is 790 g/mol. The van der Waals surface area contributed by atoms with E-state index in [1.165, 1.54) is 27.9 Å². The Balaban J connectivity index is 2.24. The van der Waals surface area contributed by atoms with E-state index in [1.54, 1.807) is 48.5 Å². The summed E-state index contributed by atoms with van der Waals surface area (Å²) in [5.74, 6) is -5.59. The van der Waals surface area contributed by atoms with Gasteiger partial charge in [0, 0.05) is 37.7 Å². The van der Waals surface area contributed by atoms with E-state index >= 15 is 0 Å². The van der Waals surface area contributed by atoms with Gasteiger partial charge in [0.25, 0.3) is 0 Å². The summed E-state index contributed by atoms with van der Waals surface area (Å²) in [5, 5.41) is 46.6. The SMILES string of the molecule is CCC(=O)O[C@H]1[C@H](O[C@@H]2[C@@H](C)[C@H](O[C@H]3C[C@@](C)(OC)[C@@H](O)[C@H](C)O3)[C@@H](C)C(=O)O[C@H](CC)[C@](C)(O)[C@H](O)[C@@H](C)C(=O)[C@H](C)C[C@@]2(C)O)O[C@H](C)C[C@@H]1N(C)C. The van der Waals surface area contributed by atoms with Crippen molar-refractivity contribution in [3.8, 4) is 0 Å². The summed E-state index contributed by atoms with van der Waals surface area (Å²) in [5.41, 5.74) is -4.92. The minimum Gasteiger partial charge on any atom is -0.459 e. The van der Waals surface area contributed by atoms with Crippen molar-refractivity contribution in [1.82, 2.24) is 4.90 Å². The van der Waals surface area contributed by atoms with Crippen molar-refractivity contribution in [2.24, 2.45) is 23.7 Å². The van der Waals surface area contributed by atoms with Crippen LogP contribution in [0.1, 0.15) is 108 Å². The Morgan fingerprint density at radius 1 is 0.891 bits per heavy atom. The Hall–Kier alpha value is -1.79. The van der Waals surface area contributed by atoms with E-state index < -0.39 is 114 Å². The number of hydrogen-bond donors (Lipinski definition) is 4. The number of aliphatic hydroxyl groups is 4. The van der Waals surface area contributed by atoms with Crippen molar-refractivity contribution in [1.29, 1.82) is 0 Å². The summed E-state index contributed by atoms with van der Waals surface area (Å²) in [4.78, 5) is 42.9. The highest BCUT2D eigenvalue weighted by Gasteiger charge is 2.54. The molecule has 0 aromatic carbocycles. The number of likely N-dealkylation sites (N-methyl/N-ethyl adjacent to an activating group) is 1. The first-order valence-electron chi connectivity index (χ1n) is 19.9. The molecule has 0 saturated carbocycles. The van der Waals surface area contributed by atoms with Crippen molar-refractivity contribution < 1.29 is 68.0 Å². The lowest BCUT2D eigenvalue weighted by Crippen LogP contribution is -2.61. The number of nitrogens with zero attached hydrogens (tertiary/aromatic N) is 1. The van der Waals surface area contributed by atoms with Crippen LogP contribution >= 0.6 is 0 Å². The number of ketones is 1. The van der Waals surface area contributed by atoms with Gasteiger partial charge in [-0.1, -0.05) is 34.6 Å². The number of cyclic esters (lactones) is 1. The number of methoxy groups -OCH3 is 1. The van der Waals surface area contributed by atoms with Crippen molar-refractivity contribution >= 4 is 17.7 Å². The van der Waals surface area contributed by atoms with Crippen LogP contribution in [0.5, 0.6) is 0 Å². The quantitative estimate of drug-likeness (QED) is 0.249. The molecule has 3 rings (SSSR count). The first-order valence-corrected chi connectivity index (χ1v) is 19.9. The summed E-state index contributed by atoms with van der Waals surface area (Å²) < 4.78 is 43.6. The lowest BCUT2D eigenvalue weighted by atomic mass is 9.74. The molecule has 0 bridgehead atoms. The minimum absolute atomic E-state index is 0.0760. The molecule has 0 spiro atoms. The number of ether oxygens (including phenoxy) is 7. The molecule has 0 radical (unpaired) electrons. The molecule has 0 aromatic rings. The Morgan fingerprint density at radius 3 is 2.05 bits per heavy atom. The molecule has 15 nitrogen and oxygen atoms in total. The Labute approximate surface area is 327 Å². The molecular formula is C40H71NO14. The number of Topliss-reactive ketones (excluding diaryl/α,β-unsaturated/α-hetero) is 1. The Morgan fingerprint density at radius 2 is 1.51 bits per heavy atom. The highest BCUT2D eigenvalue weighted by atomic mass is 16.7. The van der Waals surface area contributed by atoms with E-state index in [-0.39, 0.29) is 37.8 Å². The summed E-state index contributed by atoms with van der Waals surface area (Å²) in [6.07, 6.45) is -9.68. The molecule has 0 aromatic heterocycles. The van der Waals surface area contributed by atoms with E-state index in [0.29, 0.717) is 6.42 Å². The molecular weight excluding hydrogens is 718 g/mol. The smallest absolute Gasteiger partial charge is 0.311 e. The predicted octanol–water partition coefficient (Wildman–Crippen LogP) is 2.75. The van der Waals surface area contributed by atoms with Gasteiger partial charge in [0.2, 0.25) is 0 Å². The van der Waals surface area contributed by atoms with Crippen LogP contribution in [0, 0.1) is 23.7 Å². The van der Waals surface area contributed by atoms with Crippen molar-refractivity contribution in [2.75, 3.05) is 21.2 Å². The van der Waals surface area contributed by atoms with E-state index in [1.807, 2.05) is 25.9 Å². The lowest BCUT2D eigenvalue weighted by molar-refractivity contribution is -0.319. The molecule has 0 aliphatic carbocycles. The van der Waals surface area contributed by atoms with Crippen LogP contribution in [0.4, 0.5) is 0 Å². The number of aliphatic hydroxyl groups excluding tert-OH is 2. The van der Waals surface area contributed by atoms with Gasteiger partial charge in [0.05, 0.1) is 53.7 Å². The Kier molecular flexibility index (Phi) is 16.3. The first-order chi connectivity index (χ1) is 25.4. The molecule has 3 saturated heterocycles. The third-order valence-corrected chi connectivity index (χ3v) is 12.4. The molecule has 3 aliphatic heterocycles. The number of rotatable bonds is 9. The van der Waals surface area contributed by atoms with Gasteiger partial charge in [-0.3, -0.25) is 14.4 Å². The molecule has 55 heavy (non-hydrogen) atoms. The van der Waals surface area contributed by atoms with Gasteiger partial charge >= 0.3 is 11.9 Å². The normalized spacial score (nSPS) is 46.9. The lowest BCUT2D eigenvalue weighted by Gasteiger charge is -2.49. The summed E-state index contributed by atoms with van der Waals surface area (Å²) in [7, 11) is 5.21. The topological polar surface area (TPSA) is 200 Å². The standard InChI is InChI=1S/C40H71NO14/c1-15-27-40(11,48)33(44)22(5)30(43)20(3)18-38(9,47)35(55-37-32(53-28(42)16-2)26(41(12)13)17-21(4)50-37)23(6)31(24(7)36(46)52-27)54-29-19-39(10,49-14)34(45)25(8)51-29/h20-27,29,31-35,37,44-45,47-48H,15-19H2,1-14H3/t20-,21-,22+,23+,24-,25+,26+,27-,29+,31+,32-,33-,34+,35-,37+,38-,39-,40+/m1/s1. The van der Waals surface area contributed by atoms with Gasteiger partial charge in [-0.2, -0.15) is 0 Å². The van der Waals surface area contributed by atoms with Crippen molar-refractivity contribution in [3.05, 3.63) is 0 Å². The maximum absolute atomic E-state index is 14.2. The maximum Gasteiger partial charge on any atom is 0.311 e. The number of carbonyl (C=O) groups excluding carboxylic acids is 3. The van der Waals surface area contributed by atoms with Gasteiger partial charge in [-0.15, -0.1) is 0 Å². The second kappa shape index (κ2) is 18.9. The highest BCUT2D eigenvalue weighted by molar-refractivity contribution is 5.83. The van der Waals surface area contributed by atoms with Crippen LogP contribution in [-0.4, -0.2) is 149 Å². The molecule has 18 atom stereocenters. The summed E-state index contributed by atoms with van der Waals surface area (Å²) >= 11 is 0. The van der Waals surface area contributed by atoms with Gasteiger partial charge in [-0.25, -0.2) is 0 Å². The fourth-order valence-corrected chi connectivity index (χ4v) is 8.76. The van der Waals surface area contributed by atoms with Crippen LogP contribution in [0.15, 0.2) is 0 Å².